The van der Waals surface area contributed by atoms with Crippen LogP contribution >= 0.6 is 0 Å². The van der Waals surface area contributed by atoms with Crippen LogP contribution < -0.4 is 0 Å². The van der Waals surface area contributed by atoms with Gasteiger partial charge in [-0.2, -0.15) is 0 Å². The van der Waals surface area contributed by atoms with Crippen LogP contribution in [0.5, 0.6) is 0 Å². The first kappa shape index (κ1) is 15.3. The van der Waals surface area contributed by atoms with Crippen molar-refractivity contribution >= 4 is 5.91 Å². The van der Waals surface area contributed by atoms with Gasteiger partial charge in [0.25, 0.3) is 0 Å². The predicted molar refractivity (Wildman–Crippen MR) is 83.0 cm³/mol. The maximum Gasteiger partial charge on any atom is 0.222 e. The number of amides is 1. The minimum atomic E-state index is -0.378. The molecule has 2 heterocycles. The summed E-state index contributed by atoms with van der Waals surface area (Å²) in [6.07, 6.45) is 10.8. The van der Waals surface area contributed by atoms with Crippen LogP contribution in [0.15, 0.2) is 0 Å². The van der Waals surface area contributed by atoms with Gasteiger partial charge in [0.2, 0.25) is 5.91 Å². The second-order valence-corrected chi connectivity index (χ2v) is 7.20. The summed E-state index contributed by atoms with van der Waals surface area (Å²) in [6.45, 7) is 3.26. The number of carbonyl (C=O) groups excluding carboxylic acids is 1. The molecule has 1 N–H and O–H groups in total. The largest absolute Gasteiger partial charge is 0.390 e. The highest BCUT2D eigenvalue weighted by Crippen LogP contribution is 2.34. The Balaban J connectivity index is 1.49. The minimum Gasteiger partial charge on any atom is -0.390 e. The molecule has 2 unspecified atom stereocenters. The molecule has 0 spiro atoms. The van der Waals surface area contributed by atoms with E-state index in [0.717, 1.165) is 32.0 Å². The van der Waals surface area contributed by atoms with Gasteiger partial charge in [-0.1, -0.05) is 19.3 Å². The Hall–Kier alpha value is -0.610. The van der Waals surface area contributed by atoms with Crippen LogP contribution in [0.4, 0.5) is 0 Å². The Morgan fingerprint density at radius 1 is 1.00 bits per heavy atom. The lowest BCUT2D eigenvalue weighted by Crippen LogP contribution is -2.44. The second-order valence-electron chi connectivity index (χ2n) is 7.20. The Labute approximate surface area is 128 Å². The number of hydrogen-bond acceptors (Lipinski definition) is 3. The fourth-order valence-electron chi connectivity index (χ4n) is 4.61. The molecule has 3 fully saturated rings. The zero-order valence-electron chi connectivity index (χ0n) is 13.2. The molecular weight excluding hydrogens is 264 g/mol. The van der Waals surface area contributed by atoms with Crippen LogP contribution in [0.3, 0.4) is 0 Å². The van der Waals surface area contributed by atoms with Crippen LogP contribution in [0.2, 0.25) is 0 Å². The van der Waals surface area contributed by atoms with Crippen LogP contribution in [-0.2, 0) is 4.79 Å². The third-order valence-electron chi connectivity index (χ3n) is 5.66. The molecule has 3 rings (SSSR count). The summed E-state index contributed by atoms with van der Waals surface area (Å²) in [5.74, 6) is 1.07. The number of aliphatic hydroxyl groups excluding tert-OH is 1. The van der Waals surface area contributed by atoms with Gasteiger partial charge in [-0.15, -0.1) is 0 Å². The Morgan fingerprint density at radius 2 is 1.81 bits per heavy atom. The number of aliphatic hydroxyl groups is 1. The zero-order chi connectivity index (χ0) is 14.7. The van der Waals surface area contributed by atoms with Crippen molar-refractivity contribution in [2.75, 3.05) is 26.2 Å². The maximum atomic E-state index is 11.7. The number of carbonyl (C=O) groups is 1. The summed E-state index contributed by atoms with van der Waals surface area (Å²) >= 11 is 0. The highest BCUT2D eigenvalue weighted by atomic mass is 16.3. The third-order valence-corrected chi connectivity index (χ3v) is 5.66. The first-order valence-corrected chi connectivity index (χ1v) is 8.94. The van der Waals surface area contributed by atoms with E-state index in [1.54, 1.807) is 0 Å². The number of hydrogen-bond donors (Lipinski definition) is 1. The van der Waals surface area contributed by atoms with Crippen LogP contribution in [0, 0.1) is 5.92 Å². The van der Waals surface area contributed by atoms with Crippen LogP contribution in [0.1, 0.15) is 57.8 Å². The van der Waals surface area contributed by atoms with E-state index < -0.39 is 0 Å². The quantitative estimate of drug-likeness (QED) is 0.843. The lowest BCUT2D eigenvalue weighted by Gasteiger charge is -2.35. The fourth-order valence-corrected chi connectivity index (χ4v) is 4.61. The highest BCUT2D eigenvalue weighted by molar-refractivity contribution is 5.78. The van der Waals surface area contributed by atoms with Crippen LogP contribution in [0.25, 0.3) is 0 Å². The molecule has 4 heteroatoms. The normalized spacial score (nSPS) is 30.2. The first-order chi connectivity index (χ1) is 10.2. The maximum absolute atomic E-state index is 11.7. The van der Waals surface area contributed by atoms with Gasteiger partial charge in [-0.25, -0.2) is 0 Å². The van der Waals surface area contributed by atoms with Crippen molar-refractivity contribution in [2.45, 2.75) is 69.9 Å². The molecule has 0 radical (unpaired) electrons. The van der Waals surface area contributed by atoms with Gasteiger partial charge in [0.15, 0.2) is 0 Å². The molecule has 4 nitrogen and oxygen atoms in total. The third kappa shape index (κ3) is 3.78. The van der Waals surface area contributed by atoms with E-state index in [2.05, 4.69) is 4.90 Å². The number of β-amino-alcohol motifs (C(OH)–C–C–N with tert-alkyl or cyclic N) is 1. The zero-order valence-corrected chi connectivity index (χ0v) is 13.2. The summed E-state index contributed by atoms with van der Waals surface area (Å²) in [6, 6.07) is 0.689. The van der Waals surface area contributed by atoms with E-state index in [0.29, 0.717) is 19.0 Å². The van der Waals surface area contributed by atoms with Gasteiger partial charge in [-0.05, 0) is 44.6 Å². The molecule has 1 aliphatic carbocycles. The van der Waals surface area contributed by atoms with Crippen molar-refractivity contribution < 1.29 is 9.90 Å². The van der Waals surface area contributed by atoms with Crippen molar-refractivity contribution in [1.82, 2.24) is 9.80 Å². The van der Waals surface area contributed by atoms with Crippen molar-refractivity contribution in [3.63, 3.8) is 0 Å². The van der Waals surface area contributed by atoms with E-state index in [9.17, 15) is 9.90 Å². The number of rotatable bonds is 5. The smallest absolute Gasteiger partial charge is 0.222 e. The van der Waals surface area contributed by atoms with E-state index in [4.69, 9.17) is 0 Å². The molecule has 1 amide bonds. The summed E-state index contributed by atoms with van der Waals surface area (Å²) in [4.78, 5) is 16.0. The Morgan fingerprint density at radius 3 is 2.52 bits per heavy atom. The van der Waals surface area contributed by atoms with E-state index in [1.165, 1.54) is 44.9 Å². The van der Waals surface area contributed by atoms with Crippen molar-refractivity contribution in [1.29, 1.82) is 0 Å². The van der Waals surface area contributed by atoms with Gasteiger partial charge in [0, 0.05) is 32.1 Å². The molecule has 2 saturated heterocycles. The van der Waals surface area contributed by atoms with Gasteiger partial charge in [0.05, 0.1) is 6.10 Å². The summed E-state index contributed by atoms with van der Waals surface area (Å²) in [5, 5.41) is 10.4. The Bertz CT molecular complexity index is 355. The molecule has 21 heavy (non-hydrogen) atoms. The van der Waals surface area contributed by atoms with E-state index in [-0.39, 0.29) is 12.0 Å². The van der Waals surface area contributed by atoms with Gasteiger partial charge < -0.3 is 10.0 Å². The van der Waals surface area contributed by atoms with E-state index in [1.807, 2.05) is 4.90 Å². The van der Waals surface area contributed by atoms with Gasteiger partial charge >= 0.3 is 0 Å². The molecule has 1 saturated carbocycles. The lowest BCUT2D eigenvalue weighted by molar-refractivity contribution is -0.129. The molecule has 120 valence electrons. The topological polar surface area (TPSA) is 43.8 Å². The molecule has 0 aromatic heterocycles. The van der Waals surface area contributed by atoms with Crippen molar-refractivity contribution in [3.05, 3.63) is 0 Å². The first-order valence-electron chi connectivity index (χ1n) is 8.94. The molecule has 0 bridgehead atoms. The van der Waals surface area contributed by atoms with Crippen molar-refractivity contribution in [2.24, 2.45) is 5.92 Å². The molecule has 2 aliphatic heterocycles. The highest BCUT2D eigenvalue weighted by Gasteiger charge is 2.33. The van der Waals surface area contributed by atoms with Gasteiger partial charge in [0.1, 0.15) is 0 Å². The summed E-state index contributed by atoms with van der Waals surface area (Å²) in [5.41, 5.74) is 0. The van der Waals surface area contributed by atoms with Crippen molar-refractivity contribution in [3.8, 4) is 0 Å². The standard InChI is InChI=1S/C17H30N2O2/c20-15(13-19-11-5-9-17(19)21)12-18-10-4-8-16(18)14-6-2-1-3-7-14/h14-16,20H,1-13H2. The predicted octanol–water partition coefficient (Wildman–Crippen LogP) is 2.01. The number of likely N-dealkylation sites (tertiary alicyclic amines) is 2. The lowest BCUT2D eigenvalue weighted by atomic mass is 9.83. The molecular formula is C17H30N2O2. The monoisotopic (exact) mass is 294 g/mol. The SMILES string of the molecule is O=C1CCCN1CC(O)CN1CCCC1C1CCCCC1. The summed E-state index contributed by atoms with van der Waals surface area (Å²) in [7, 11) is 0. The van der Waals surface area contributed by atoms with Gasteiger partial charge in [-0.3, -0.25) is 9.69 Å². The average Bonchev–Trinajstić information content (AvgIpc) is 3.10. The summed E-state index contributed by atoms with van der Waals surface area (Å²) < 4.78 is 0. The fraction of sp³-hybridized carbons (Fsp3) is 0.941. The molecule has 2 atom stereocenters. The molecule has 0 aromatic carbocycles. The van der Waals surface area contributed by atoms with E-state index >= 15 is 0 Å². The average molecular weight is 294 g/mol. The second kappa shape index (κ2) is 7.10. The number of nitrogens with zero attached hydrogens (tertiary/aromatic N) is 2. The minimum absolute atomic E-state index is 0.222. The Kier molecular flexibility index (Phi) is 5.17. The molecule has 3 aliphatic rings. The van der Waals surface area contributed by atoms with Crippen LogP contribution in [-0.4, -0.2) is 59.1 Å². The molecule has 0 aromatic rings.